The van der Waals surface area contributed by atoms with Crippen LogP contribution in [0.2, 0.25) is 10.3 Å². The van der Waals surface area contributed by atoms with E-state index in [1.165, 1.54) is 0 Å². The van der Waals surface area contributed by atoms with Crippen molar-refractivity contribution in [2.75, 3.05) is 13.1 Å². The van der Waals surface area contributed by atoms with Gasteiger partial charge in [-0.2, -0.15) is 0 Å². The Morgan fingerprint density at radius 2 is 2.14 bits per heavy atom. The zero-order chi connectivity index (χ0) is 10.2. The fraction of sp³-hybridized carbons (Fsp3) is 0.500. The molecule has 1 aliphatic heterocycles. The molecule has 0 radical (unpaired) electrons. The van der Waals surface area contributed by atoms with Crippen molar-refractivity contribution in [1.29, 1.82) is 0 Å². The van der Waals surface area contributed by atoms with Crippen molar-refractivity contribution in [3.05, 3.63) is 21.9 Å². The van der Waals surface area contributed by atoms with Gasteiger partial charge in [0.15, 0.2) is 10.3 Å². The molecule has 0 aromatic carbocycles. The second-order valence-electron chi connectivity index (χ2n) is 3.49. The lowest BCUT2D eigenvalue weighted by Gasteiger charge is -2.37. The molecule has 0 aliphatic carbocycles. The van der Waals surface area contributed by atoms with Crippen LogP contribution in [0, 0.1) is 0 Å². The fourth-order valence-corrected chi connectivity index (χ4v) is 1.73. The first-order valence-corrected chi connectivity index (χ1v) is 4.95. The molecule has 0 amide bonds. The van der Waals surface area contributed by atoms with Crippen molar-refractivity contribution in [3.63, 3.8) is 0 Å². The Labute approximate surface area is 91.2 Å². The average Bonchev–Trinajstić information content (AvgIpc) is 2.09. The van der Waals surface area contributed by atoms with Gasteiger partial charge in [0.2, 0.25) is 0 Å². The molecule has 1 saturated heterocycles. The number of nitrogens with one attached hydrogen (secondary N) is 1. The third-order valence-electron chi connectivity index (χ3n) is 2.22. The van der Waals surface area contributed by atoms with Crippen molar-refractivity contribution >= 4 is 23.2 Å². The summed E-state index contributed by atoms with van der Waals surface area (Å²) >= 11 is 11.5. The van der Waals surface area contributed by atoms with E-state index in [1.54, 1.807) is 6.07 Å². The lowest BCUT2D eigenvalue weighted by molar-refractivity contribution is -0.00908. The molecule has 0 saturated carbocycles. The molecule has 0 unspecified atom stereocenters. The third-order valence-corrected chi connectivity index (χ3v) is 2.72. The van der Waals surface area contributed by atoms with Gasteiger partial charge in [-0.25, -0.2) is 0 Å². The van der Waals surface area contributed by atoms with Crippen LogP contribution in [0.4, 0.5) is 0 Å². The van der Waals surface area contributed by atoms with Gasteiger partial charge in [0.1, 0.15) is 0 Å². The van der Waals surface area contributed by atoms with E-state index in [1.807, 2.05) is 0 Å². The summed E-state index contributed by atoms with van der Waals surface area (Å²) in [4.78, 5) is 0. The molecular formula is C8H9Cl2N3O. The van der Waals surface area contributed by atoms with Crippen molar-refractivity contribution < 1.29 is 5.11 Å². The zero-order valence-corrected chi connectivity index (χ0v) is 8.81. The van der Waals surface area contributed by atoms with Crippen LogP contribution in [0.1, 0.15) is 5.56 Å². The second kappa shape index (κ2) is 3.62. The Morgan fingerprint density at radius 3 is 2.71 bits per heavy atom. The van der Waals surface area contributed by atoms with Gasteiger partial charge in [0.05, 0.1) is 5.60 Å². The van der Waals surface area contributed by atoms with Gasteiger partial charge in [0.25, 0.3) is 0 Å². The SMILES string of the molecule is OC1(Cc2cc(Cl)nnc2Cl)CNC1. The third kappa shape index (κ3) is 1.98. The van der Waals surface area contributed by atoms with Crippen LogP contribution in [0.15, 0.2) is 6.07 Å². The van der Waals surface area contributed by atoms with E-state index in [2.05, 4.69) is 15.5 Å². The Hall–Kier alpha value is -0.420. The summed E-state index contributed by atoms with van der Waals surface area (Å²) in [6.07, 6.45) is 0.452. The van der Waals surface area contributed by atoms with Crippen LogP contribution in [0.25, 0.3) is 0 Å². The molecule has 0 spiro atoms. The first-order valence-electron chi connectivity index (χ1n) is 4.20. The predicted molar refractivity (Wildman–Crippen MR) is 53.6 cm³/mol. The Bertz CT molecular complexity index is 354. The molecule has 1 aliphatic rings. The lowest BCUT2D eigenvalue weighted by atomic mass is 9.90. The van der Waals surface area contributed by atoms with Crippen LogP contribution in [0.3, 0.4) is 0 Å². The Balaban J connectivity index is 2.19. The van der Waals surface area contributed by atoms with Gasteiger partial charge >= 0.3 is 0 Å². The van der Waals surface area contributed by atoms with E-state index in [4.69, 9.17) is 23.2 Å². The summed E-state index contributed by atoms with van der Waals surface area (Å²) in [6, 6.07) is 1.63. The standard InChI is InChI=1S/C8H9Cl2N3O/c9-6-1-5(7(10)13-12-6)2-8(14)3-11-4-8/h1,11,14H,2-4H2. The van der Waals surface area contributed by atoms with Gasteiger partial charge in [0, 0.05) is 19.5 Å². The zero-order valence-electron chi connectivity index (χ0n) is 7.30. The molecule has 76 valence electrons. The minimum absolute atomic E-state index is 0.292. The highest BCUT2D eigenvalue weighted by Crippen LogP contribution is 2.23. The number of hydrogen-bond acceptors (Lipinski definition) is 4. The van der Waals surface area contributed by atoms with Crippen molar-refractivity contribution in [3.8, 4) is 0 Å². The van der Waals surface area contributed by atoms with Gasteiger partial charge < -0.3 is 10.4 Å². The summed E-state index contributed by atoms with van der Waals surface area (Å²) in [6.45, 7) is 1.15. The molecule has 4 nitrogen and oxygen atoms in total. The molecule has 1 aromatic rings. The summed E-state index contributed by atoms with van der Waals surface area (Å²) in [7, 11) is 0. The van der Waals surface area contributed by atoms with E-state index >= 15 is 0 Å². The monoisotopic (exact) mass is 233 g/mol. The number of halogens is 2. The largest absolute Gasteiger partial charge is 0.387 e. The molecule has 2 N–H and O–H groups in total. The van der Waals surface area contributed by atoms with Crippen LogP contribution >= 0.6 is 23.2 Å². The van der Waals surface area contributed by atoms with Crippen LogP contribution < -0.4 is 5.32 Å². The van der Waals surface area contributed by atoms with Gasteiger partial charge in [-0.15, -0.1) is 10.2 Å². The molecule has 1 aromatic heterocycles. The number of aliphatic hydroxyl groups is 1. The van der Waals surface area contributed by atoms with Crippen LogP contribution in [-0.2, 0) is 6.42 Å². The Kier molecular flexibility index (Phi) is 2.62. The molecular weight excluding hydrogens is 225 g/mol. The summed E-state index contributed by atoms with van der Waals surface area (Å²) in [5, 5.41) is 20.7. The summed E-state index contributed by atoms with van der Waals surface area (Å²) in [5.74, 6) is 0. The molecule has 1 fully saturated rings. The summed E-state index contributed by atoms with van der Waals surface area (Å²) in [5.41, 5.74) is 0.0198. The average molecular weight is 234 g/mol. The van der Waals surface area contributed by atoms with E-state index in [0.29, 0.717) is 29.8 Å². The Morgan fingerprint density at radius 1 is 1.43 bits per heavy atom. The van der Waals surface area contributed by atoms with E-state index < -0.39 is 5.60 Å². The first-order chi connectivity index (χ1) is 6.59. The number of hydrogen-bond donors (Lipinski definition) is 2. The van der Waals surface area contributed by atoms with Crippen molar-refractivity contribution in [2.45, 2.75) is 12.0 Å². The lowest BCUT2D eigenvalue weighted by Crippen LogP contribution is -2.60. The molecule has 6 heteroatoms. The highest BCUT2D eigenvalue weighted by atomic mass is 35.5. The van der Waals surface area contributed by atoms with Crippen molar-refractivity contribution in [2.24, 2.45) is 0 Å². The van der Waals surface area contributed by atoms with E-state index in [-0.39, 0.29) is 0 Å². The maximum Gasteiger partial charge on any atom is 0.155 e. The van der Waals surface area contributed by atoms with Crippen LogP contribution in [-0.4, -0.2) is 34.0 Å². The normalized spacial score (nSPS) is 19.1. The molecule has 2 heterocycles. The van der Waals surface area contributed by atoms with Crippen LogP contribution in [0.5, 0.6) is 0 Å². The van der Waals surface area contributed by atoms with E-state index in [9.17, 15) is 5.11 Å². The highest BCUT2D eigenvalue weighted by Gasteiger charge is 2.35. The molecule has 0 atom stereocenters. The highest BCUT2D eigenvalue weighted by molar-refractivity contribution is 6.31. The number of rotatable bonds is 2. The quantitative estimate of drug-likeness (QED) is 0.789. The van der Waals surface area contributed by atoms with Crippen molar-refractivity contribution in [1.82, 2.24) is 15.5 Å². The second-order valence-corrected chi connectivity index (χ2v) is 4.23. The fourth-order valence-electron chi connectivity index (χ4n) is 1.41. The van der Waals surface area contributed by atoms with E-state index in [0.717, 1.165) is 5.56 Å². The van der Waals surface area contributed by atoms with Gasteiger partial charge in [-0.05, 0) is 11.6 Å². The maximum absolute atomic E-state index is 9.87. The van der Waals surface area contributed by atoms with Gasteiger partial charge in [-0.3, -0.25) is 0 Å². The number of nitrogens with zero attached hydrogens (tertiary/aromatic N) is 2. The smallest absolute Gasteiger partial charge is 0.155 e. The maximum atomic E-state index is 9.87. The minimum atomic E-state index is -0.712. The molecule has 14 heavy (non-hydrogen) atoms. The predicted octanol–water partition coefficient (Wildman–Crippen LogP) is 0.660. The summed E-state index contributed by atoms with van der Waals surface area (Å²) < 4.78 is 0. The molecule has 0 bridgehead atoms. The topological polar surface area (TPSA) is 58.0 Å². The van der Waals surface area contributed by atoms with Gasteiger partial charge in [-0.1, -0.05) is 23.2 Å². The number of aromatic nitrogens is 2. The molecule has 2 rings (SSSR count). The number of β-amino-alcohol motifs (C(OH)–C–C–N with tert-alkyl or cyclic N) is 1. The minimum Gasteiger partial charge on any atom is -0.387 e. The first kappa shape index (κ1) is 10.1.